The summed E-state index contributed by atoms with van der Waals surface area (Å²) in [6, 6.07) is 15.2. The molecule has 2 aromatic carbocycles. The fourth-order valence-corrected chi connectivity index (χ4v) is 3.14. The fraction of sp³-hybridized carbons (Fsp3) is 0.333. The number of carbonyl (C=O) groups excluding carboxylic acids is 2. The molecule has 1 heterocycles. The number of amides is 2. The van der Waals surface area contributed by atoms with Crippen LogP contribution in [0.2, 0.25) is 0 Å². The second kappa shape index (κ2) is 8.04. The van der Waals surface area contributed by atoms with Crippen LogP contribution >= 0.6 is 0 Å². The van der Waals surface area contributed by atoms with Gasteiger partial charge in [-0.3, -0.25) is 9.59 Å². The molecule has 0 unspecified atom stereocenters. The molecule has 0 saturated carbocycles. The maximum atomic E-state index is 12.6. The minimum atomic E-state index is -0.372. The van der Waals surface area contributed by atoms with Gasteiger partial charge in [-0.2, -0.15) is 0 Å². The lowest BCUT2D eigenvalue weighted by atomic mass is 10.1. The first-order valence-corrected chi connectivity index (χ1v) is 9.04. The van der Waals surface area contributed by atoms with E-state index in [1.54, 1.807) is 4.90 Å². The van der Waals surface area contributed by atoms with Crippen LogP contribution in [0.25, 0.3) is 0 Å². The third-order valence-electron chi connectivity index (χ3n) is 4.58. The van der Waals surface area contributed by atoms with Crippen LogP contribution in [0.15, 0.2) is 48.5 Å². The summed E-state index contributed by atoms with van der Waals surface area (Å²) >= 11 is 0. The lowest BCUT2D eigenvalue weighted by molar-refractivity contribution is -0.122. The summed E-state index contributed by atoms with van der Waals surface area (Å²) in [6.07, 6.45) is 1.17. The third-order valence-corrected chi connectivity index (χ3v) is 4.58. The van der Waals surface area contributed by atoms with Gasteiger partial charge in [0.1, 0.15) is 5.75 Å². The quantitative estimate of drug-likeness (QED) is 0.863. The minimum absolute atomic E-state index is 0.0568. The van der Waals surface area contributed by atoms with Crippen molar-refractivity contribution in [3.63, 3.8) is 0 Å². The van der Waals surface area contributed by atoms with Crippen LogP contribution in [0.3, 0.4) is 0 Å². The van der Waals surface area contributed by atoms with Crippen molar-refractivity contribution in [1.29, 1.82) is 0 Å². The van der Waals surface area contributed by atoms with Crippen LogP contribution in [0.1, 0.15) is 25.8 Å². The third kappa shape index (κ3) is 3.87. The highest BCUT2D eigenvalue weighted by Crippen LogP contribution is 2.33. The van der Waals surface area contributed by atoms with Gasteiger partial charge in [-0.25, -0.2) is 0 Å². The lowest BCUT2D eigenvalue weighted by Gasteiger charge is -2.20. The van der Waals surface area contributed by atoms with Gasteiger partial charge < -0.3 is 15.0 Å². The highest BCUT2D eigenvalue weighted by molar-refractivity contribution is 6.04. The standard InChI is InChI=1S/C21H24N2O3/c1-3-15-9-11-17(12-10-15)22-21(25)16-13-20(24)23(14-16)18-7-5-6-8-19(18)26-4-2/h5-12,16H,3-4,13-14H2,1-2H3,(H,22,25)/t16-/m0/s1. The number of hydrogen-bond donors (Lipinski definition) is 1. The Kier molecular flexibility index (Phi) is 5.56. The van der Waals surface area contributed by atoms with Gasteiger partial charge in [0.2, 0.25) is 11.8 Å². The SMILES string of the molecule is CCOc1ccccc1N1C[C@@H](C(=O)Nc2ccc(CC)cc2)CC1=O. The molecule has 5 nitrogen and oxygen atoms in total. The molecule has 0 spiro atoms. The predicted octanol–water partition coefficient (Wildman–Crippen LogP) is 3.64. The smallest absolute Gasteiger partial charge is 0.229 e. The molecule has 2 aromatic rings. The Balaban J connectivity index is 1.70. The Morgan fingerprint density at radius 3 is 2.58 bits per heavy atom. The molecular weight excluding hydrogens is 328 g/mol. The number of nitrogens with one attached hydrogen (secondary N) is 1. The number of carbonyl (C=O) groups is 2. The van der Waals surface area contributed by atoms with E-state index < -0.39 is 0 Å². The second-order valence-electron chi connectivity index (χ2n) is 6.35. The summed E-state index contributed by atoms with van der Waals surface area (Å²) in [7, 11) is 0. The van der Waals surface area contributed by atoms with E-state index >= 15 is 0 Å². The molecule has 136 valence electrons. The molecule has 0 aromatic heterocycles. The number of aryl methyl sites for hydroxylation is 1. The lowest BCUT2D eigenvalue weighted by Crippen LogP contribution is -2.28. The zero-order valence-corrected chi connectivity index (χ0v) is 15.2. The topological polar surface area (TPSA) is 58.6 Å². The first-order valence-electron chi connectivity index (χ1n) is 9.04. The Labute approximate surface area is 154 Å². The van der Waals surface area contributed by atoms with Gasteiger partial charge in [0.25, 0.3) is 0 Å². The van der Waals surface area contributed by atoms with Gasteiger partial charge in [0.15, 0.2) is 0 Å². The molecule has 0 bridgehead atoms. The highest BCUT2D eigenvalue weighted by Gasteiger charge is 2.36. The van der Waals surface area contributed by atoms with Crippen LogP contribution in [0, 0.1) is 5.92 Å². The molecule has 2 amide bonds. The zero-order chi connectivity index (χ0) is 18.5. The summed E-state index contributed by atoms with van der Waals surface area (Å²) in [4.78, 5) is 26.7. The number of nitrogens with zero attached hydrogens (tertiary/aromatic N) is 1. The van der Waals surface area contributed by atoms with Crippen molar-refractivity contribution in [2.24, 2.45) is 5.92 Å². The fourth-order valence-electron chi connectivity index (χ4n) is 3.14. The average Bonchev–Trinajstić information content (AvgIpc) is 3.05. The normalized spacial score (nSPS) is 16.6. The van der Waals surface area contributed by atoms with E-state index in [1.807, 2.05) is 55.5 Å². The molecular formula is C21H24N2O3. The summed E-state index contributed by atoms with van der Waals surface area (Å²) in [5, 5.41) is 2.92. The van der Waals surface area contributed by atoms with Crippen molar-refractivity contribution in [3.05, 3.63) is 54.1 Å². The van der Waals surface area contributed by atoms with Crippen molar-refractivity contribution in [2.45, 2.75) is 26.7 Å². The van der Waals surface area contributed by atoms with E-state index in [4.69, 9.17) is 4.74 Å². The van der Waals surface area contributed by atoms with Gasteiger partial charge in [-0.15, -0.1) is 0 Å². The number of benzene rings is 2. The van der Waals surface area contributed by atoms with E-state index in [-0.39, 0.29) is 24.2 Å². The number of anilines is 2. The van der Waals surface area contributed by atoms with E-state index in [0.29, 0.717) is 18.9 Å². The Hall–Kier alpha value is -2.82. The Morgan fingerprint density at radius 2 is 1.88 bits per heavy atom. The van der Waals surface area contributed by atoms with E-state index in [1.165, 1.54) is 5.56 Å². The summed E-state index contributed by atoms with van der Waals surface area (Å²) in [6.45, 7) is 4.88. The number of para-hydroxylation sites is 2. The molecule has 26 heavy (non-hydrogen) atoms. The number of ether oxygens (including phenoxy) is 1. The van der Waals surface area contributed by atoms with Crippen LogP contribution < -0.4 is 15.0 Å². The predicted molar refractivity (Wildman–Crippen MR) is 103 cm³/mol. The van der Waals surface area contributed by atoms with Crippen molar-refractivity contribution in [2.75, 3.05) is 23.4 Å². The molecule has 1 fully saturated rings. The van der Waals surface area contributed by atoms with Crippen molar-refractivity contribution >= 4 is 23.2 Å². The summed E-state index contributed by atoms with van der Waals surface area (Å²) in [5.74, 6) is 0.111. The van der Waals surface area contributed by atoms with Crippen LogP contribution in [-0.2, 0) is 16.0 Å². The van der Waals surface area contributed by atoms with Gasteiger partial charge in [-0.1, -0.05) is 31.2 Å². The summed E-state index contributed by atoms with van der Waals surface area (Å²) in [5.41, 5.74) is 2.70. The molecule has 0 radical (unpaired) electrons. The van der Waals surface area contributed by atoms with Crippen LogP contribution in [0.4, 0.5) is 11.4 Å². The molecule has 1 atom stereocenters. The minimum Gasteiger partial charge on any atom is -0.492 e. The first-order chi connectivity index (χ1) is 12.6. The van der Waals surface area contributed by atoms with Crippen LogP contribution in [0.5, 0.6) is 5.75 Å². The largest absolute Gasteiger partial charge is 0.492 e. The second-order valence-corrected chi connectivity index (χ2v) is 6.35. The number of rotatable bonds is 6. The monoisotopic (exact) mass is 352 g/mol. The summed E-state index contributed by atoms with van der Waals surface area (Å²) < 4.78 is 5.62. The van der Waals surface area contributed by atoms with E-state index in [9.17, 15) is 9.59 Å². The van der Waals surface area contributed by atoms with E-state index in [2.05, 4.69) is 12.2 Å². The average molecular weight is 352 g/mol. The van der Waals surface area contributed by atoms with Crippen molar-refractivity contribution in [3.8, 4) is 5.75 Å². The maximum Gasteiger partial charge on any atom is 0.229 e. The zero-order valence-electron chi connectivity index (χ0n) is 15.2. The van der Waals surface area contributed by atoms with Crippen molar-refractivity contribution in [1.82, 2.24) is 0 Å². The Morgan fingerprint density at radius 1 is 1.15 bits per heavy atom. The molecule has 1 aliphatic rings. The van der Waals surface area contributed by atoms with Crippen LogP contribution in [-0.4, -0.2) is 25.0 Å². The molecule has 5 heteroatoms. The Bertz CT molecular complexity index is 786. The molecule has 1 N–H and O–H groups in total. The van der Waals surface area contributed by atoms with Crippen molar-refractivity contribution < 1.29 is 14.3 Å². The van der Waals surface area contributed by atoms with Gasteiger partial charge >= 0.3 is 0 Å². The first kappa shape index (κ1) is 18.0. The highest BCUT2D eigenvalue weighted by atomic mass is 16.5. The van der Waals surface area contributed by atoms with Gasteiger partial charge in [0.05, 0.1) is 18.2 Å². The molecule has 1 saturated heterocycles. The van der Waals surface area contributed by atoms with Gasteiger partial charge in [0, 0.05) is 18.7 Å². The number of hydrogen-bond acceptors (Lipinski definition) is 3. The molecule has 0 aliphatic carbocycles. The molecule has 1 aliphatic heterocycles. The maximum absolute atomic E-state index is 12.6. The van der Waals surface area contributed by atoms with E-state index in [0.717, 1.165) is 17.8 Å². The van der Waals surface area contributed by atoms with Gasteiger partial charge in [-0.05, 0) is 43.2 Å². The molecule has 3 rings (SSSR count).